The van der Waals surface area contributed by atoms with Crippen LogP contribution in [0.4, 0.5) is 57.1 Å². The average molecular weight is 592 g/mol. The molecule has 2 aromatic carbocycles. The van der Waals surface area contributed by atoms with Gasteiger partial charge in [-0.05, 0) is 35.4 Å². The Balaban J connectivity index is 2.44. The molecule has 17 heteroatoms. The molecule has 212 valence electrons. The second-order valence-corrected chi connectivity index (χ2v) is 9.48. The summed E-state index contributed by atoms with van der Waals surface area (Å²) in [7, 11) is -5.68. The summed E-state index contributed by atoms with van der Waals surface area (Å²) in [6.07, 6.45) is -4.95. The van der Waals surface area contributed by atoms with Crippen molar-refractivity contribution < 1.29 is 70.2 Å². The first-order chi connectivity index (χ1) is 17.0. The molecule has 0 aliphatic carbocycles. The van der Waals surface area contributed by atoms with E-state index < -0.39 is 49.9 Å². The minimum Gasteiger partial charge on any atom is -0.497 e. The van der Waals surface area contributed by atoms with Crippen molar-refractivity contribution in [1.82, 2.24) is 0 Å². The lowest BCUT2D eigenvalue weighted by Crippen LogP contribution is -2.71. The van der Waals surface area contributed by atoms with Gasteiger partial charge in [0.2, 0.25) is 9.84 Å². The topological polar surface area (TPSA) is 43.4 Å². The highest BCUT2D eigenvalue weighted by Crippen LogP contribution is 2.61. The molecule has 0 saturated carbocycles. The predicted octanol–water partition coefficient (Wildman–Crippen LogP) is 7.34. The second-order valence-electron chi connectivity index (χ2n) is 7.49. The Hall–Kier alpha value is -2.98. The first-order valence-corrected chi connectivity index (χ1v) is 11.1. The number of ether oxygens (including phenoxy) is 1. The normalized spacial score (nSPS) is 14.7. The Kier molecular flexibility index (Phi) is 7.93. The largest absolute Gasteiger partial charge is 0.497 e. The zero-order valence-corrected chi connectivity index (χ0v) is 19.1. The van der Waals surface area contributed by atoms with Crippen molar-refractivity contribution >= 4 is 22.0 Å². The molecule has 0 aliphatic rings. The van der Waals surface area contributed by atoms with Crippen LogP contribution in [0.2, 0.25) is 0 Å². The minimum atomic E-state index is -8.21. The van der Waals surface area contributed by atoms with Crippen LogP contribution in [-0.2, 0) is 9.84 Å². The molecule has 0 N–H and O–H groups in total. The monoisotopic (exact) mass is 592 g/mol. The third kappa shape index (κ3) is 4.80. The van der Waals surface area contributed by atoms with Crippen LogP contribution in [0.15, 0.2) is 53.4 Å². The molecule has 38 heavy (non-hydrogen) atoms. The van der Waals surface area contributed by atoms with E-state index in [4.69, 9.17) is 4.74 Å². The number of halogens is 13. The van der Waals surface area contributed by atoms with Crippen molar-refractivity contribution in [3.05, 3.63) is 59.7 Å². The van der Waals surface area contributed by atoms with Gasteiger partial charge in [0.25, 0.3) is 0 Å². The molecule has 2 aromatic rings. The van der Waals surface area contributed by atoms with Crippen molar-refractivity contribution in [2.75, 3.05) is 7.11 Å². The lowest BCUT2D eigenvalue weighted by atomic mass is 9.98. The summed E-state index contributed by atoms with van der Waals surface area (Å²) < 4.78 is 202. The third-order valence-corrected chi connectivity index (χ3v) is 6.84. The summed E-state index contributed by atoms with van der Waals surface area (Å²) in [6, 6.07) is 7.94. The smallest absolute Gasteiger partial charge is 0.460 e. The summed E-state index contributed by atoms with van der Waals surface area (Å²) in [5, 5.41) is -7.28. The Bertz CT molecular complexity index is 1260. The van der Waals surface area contributed by atoms with E-state index in [1.807, 2.05) is 0 Å². The van der Waals surface area contributed by atoms with Crippen LogP contribution in [0.1, 0.15) is 11.1 Å². The van der Waals surface area contributed by atoms with E-state index in [2.05, 4.69) is 0 Å². The predicted molar refractivity (Wildman–Crippen MR) is 106 cm³/mol. The molecule has 0 radical (unpaired) electrons. The van der Waals surface area contributed by atoms with Gasteiger partial charge in [-0.2, -0.15) is 57.1 Å². The van der Waals surface area contributed by atoms with Crippen LogP contribution >= 0.6 is 0 Å². The van der Waals surface area contributed by atoms with Gasteiger partial charge >= 0.3 is 35.1 Å². The number of hydrogen-bond acceptors (Lipinski definition) is 3. The fraction of sp³-hybridized carbons (Fsp3) is 0.333. The zero-order valence-electron chi connectivity index (χ0n) is 18.3. The maximum Gasteiger partial charge on any atom is 0.460 e. The first-order valence-electron chi connectivity index (χ1n) is 9.61. The number of methoxy groups -OCH3 is 1. The van der Waals surface area contributed by atoms with Gasteiger partial charge in [0, 0.05) is 0 Å². The van der Waals surface area contributed by atoms with E-state index in [0.29, 0.717) is 23.4 Å². The van der Waals surface area contributed by atoms with E-state index in [1.165, 1.54) is 19.3 Å². The first kappa shape index (κ1) is 31.2. The highest BCUT2D eigenvalue weighted by atomic mass is 32.2. The maximum absolute atomic E-state index is 14.2. The molecule has 0 unspecified atom stereocenters. The lowest BCUT2D eigenvalue weighted by molar-refractivity contribution is -0.433. The number of alkyl halides is 13. The van der Waals surface area contributed by atoms with Gasteiger partial charge < -0.3 is 4.74 Å². The summed E-state index contributed by atoms with van der Waals surface area (Å²) in [4.78, 5) is -1.86. The van der Waals surface area contributed by atoms with Gasteiger partial charge in [-0.1, -0.05) is 36.4 Å². The molecule has 0 amide bonds. The maximum atomic E-state index is 14.2. The Labute approximate surface area is 205 Å². The number of rotatable bonds is 9. The summed E-state index contributed by atoms with van der Waals surface area (Å²) in [6.45, 7) is 0. The van der Waals surface area contributed by atoms with Crippen molar-refractivity contribution in [3.63, 3.8) is 0 Å². The van der Waals surface area contributed by atoms with E-state index in [1.54, 1.807) is 24.3 Å². The van der Waals surface area contributed by atoms with E-state index >= 15 is 0 Å². The van der Waals surface area contributed by atoms with Crippen LogP contribution < -0.4 is 4.74 Å². The molecule has 0 aromatic heterocycles. The lowest BCUT2D eigenvalue weighted by Gasteiger charge is -2.39. The van der Waals surface area contributed by atoms with Gasteiger partial charge in [-0.3, -0.25) is 0 Å². The molecular weight excluding hydrogens is 579 g/mol. The van der Waals surface area contributed by atoms with Crippen molar-refractivity contribution in [2.45, 2.75) is 40.0 Å². The van der Waals surface area contributed by atoms with Gasteiger partial charge in [0.15, 0.2) is 0 Å². The molecule has 0 aliphatic heterocycles. The molecular formula is C21H13F13O3S. The van der Waals surface area contributed by atoms with Gasteiger partial charge in [-0.15, -0.1) is 0 Å². The Morgan fingerprint density at radius 2 is 0.947 bits per heavy atom. The standard InChI is InChI=1S/C21H13F13O3S/c1-37-14-8-4-12(5-9-14)2-3-13-6-10-15(11-7-13)38(35,36)21(33,34)19(28,29)17(24,25)16(22,23)18(26,27)20(30,31)32/h2-11H,1H3. The third-order valence-electron chi connectivity index (χ3n) is 5.02. The number of hydrogen-bond donors (Lipinski definition) is 0. The Morgan fingerprint density at radius 1 is 0.579 bits per heavy atom. The molecule has 3 nitrogen and oxygen atoms in total. The Morgan fingerprint density at radius 3 is 1.32 bits per heavy atom. The molecule has 0 fully saturated rings. The van der Waals surface area contributed by atoms with Gasteiger partial charge in [0.1, 0.15) is 5.75 Å². The summed E-state index contributed by atoms with van der Waals surface area (Å²) >= 11 is 0. The molecule has 0 atom stereocenters. The van der Waals surface area contributed by atoms with Crippen molar-refractivity contribution in [2.24, 2.45) is 0 Å². The second kappa shape index (κ2) is 9.64. The van der Waals surface area contributed by atoms with E-state index in [-0.39, 0.29) is 17.7 Å². The minimum absolute atomic E-state index is 0.0246. The molecule has 2 rings (SSSR count). The fourth-order valence-corrected chi connectivity index (χ4v) is 3.99. The highest BCUT2D eigenvalue weighted by molar-refractivity contribution is 7.92. The van der Waals surface area contributed by atoms with Gasteiger partial charge in [0.05, 0.1) is 12.0 Å². The van der Waals surface area contributed by atoms with Crippen molar-refractivity contribution in [1.29, 1.82) is 0 Å². The van der Waals surface area contributed by atoms with E-state index in [9.17, 15) is 65.5 Å². The highest BCUT2D eigenvalue weighted by Gasteiger charge is 2.92. The quantitative estimate of drug-likeness (QED) is 0.226. The summed E-state index contributed by atoms with van der Waals surface area (Å²) in [5.74, 6) is -31.8. The zero-order chi connectivity index (χ0) is 29.6. The van der Waals surface area contributed by atoms with Crippen LogP contribution in [0.25, 0.3) is 12.2 Å². The molecule has 0 bridgehead atoms. The van der Waals surface area contributed by atoms with Gasteiger partial charge in [-0.25, -0.2) is 8.42 Å². The van der Waals surface area contributed by atoms with Crippen LogP contribution in [0, 0.1) is 0 Å². The van der Waals surface area contributed by atoms with Crippen LogP contribution in [0.5, 0.6) is 5.75 Å². The van der Waals surface area contributed by atoms with E-state index in [0.717, 1.165) is 0 Å². The number of sulfone groups is 1. The van der Waals surface area contributed by atoms with Crippen LogP contribution in [0.3, 0.4) is 0 Å². The summed E-state index contributed by atoms with van der Waals surface area (Å²) in [5.41, 5.74) is 0.559. The molecule has 0 spiro atoms. The van der Waals surface area contributed by atoms with Crippen molar-refractivity contribution in [3.8, 4) is 5.75 Å². The number of benzene rings is 2. The van der Waals surface area contributed by atoms with Crippen LogP contribution in [-0.4, -0.2) is 50.6 Å². The molecule has 0 saturated heterocycles. The fourth-order valence-electron chi connectivity index (χ4n) is 2.74. The SMILES string of the molecule is COc1ccc(C=Cc2ccc(S(=O)(=O)C(F)(F)C(F)(F)C(F)(F)C(F)(F)C(F)(F)C(F)(F)F)cc2)cc1. The molecule has 0 heterocycles. The average Bonchev–Trinajstić information content (AvgIpc) is 2.82.